The van der Waals surface area contributed by atoms with Crippen LogP contribution in [0, 0.1) is 35.4 Å². The van der Waals surface area contributed by atoms with Crippen molar-refractivity contribution < 1.29 is 9.50 Å². The van der Waals surface area contributed by atoms with E-state index < -0.39 is 0 Å². The maximum absolute atomic E-state index is 13.2. The summed E-state index contributed by atoms with van der Waals surface area (Å²) in [6.07, 6.45) is 4.25. The number of hydrogen-bond acceptors (Lipinski definition) is 1. The molecule has 0 spiro atoms. The normalized spacial score (nSPS) is 40.3. The summed E-state index contributed by atoms with van der Waals surface area (Å²) in [6.45, 7) is 0. The van der Waals surface area contributed by atoms with Crippen LogP contribution in [0.1, 0.15) is 24.8 Å². The maximum atomic E-state index is 13.2. The number of rotatable bonds is 3. The summed E-state index contributed by atoms with van der Waals surface area (Å²) < 4.78 is 13.2. The molecule has 0 saturated heterocycles. The molecule has 19 heavy (non-hydrogen) atoms. The highest BCUT2D eigenvalue weighted by atomic mass is 35.5. The molecule has 0 heterocycles. The molecule has 3 saturated carbocycles. The van der Waals surface area contributed by atoms with Crippen LogP contribution in [0.2, 0.25) is 5.02 Å². The average Bonchev–Trinajstić information content (AvgIpc) is 2.83. The smallest absolute Gasteiger partial charge is 0.123 e. The van der Waals surface area contributed by atoms with Crippen molar-refractivity contribution in [3.05, 3.63) is 34.6 Å². The van der Waals surface area contributed by atoms with Crippen LogP contribution in [0.3, 0.4) is 0 Å². The summed E-state index contributed by atoms with van der Waals surface area (Å²) >= 11 is 6.08. The lowest BCUT2D eigenvalue weighted by Gasteiger charge is -2.16. The van der Waals surface area contributed by atoms with Crippen molar-refractivity contribution in [2.24, 2.45) is 29.6 Å². The highest BCUT2D eigenvalue weighted by Gasteiger charge is 2.66. The lowest BCUT2D eigenvalue weighted by atomic mass is 9.95. The third-order valence-corrected chi connectivity index (χ3v) is 6.04. The first-order chi connectivity index (χ1) is 9.15. The summed E-state index contributed by atoms with van der Waals surface area (Å²) in [6, 6.07) is 4.40. The first-order valence-electron chi connectivity index (χ1n) is 7.27. The molecule has 0 amide bonds. The van der Waals surface area contributed by atoms with Crippen molar-refractivity contribution >= 4 is 11.6 Å². The number of aliphatic hydroxyl groups excluding tert-OH is 1. The predicted octanol–water partition coefficient (Wildman–Crippen LogP) is 3.67. The first-order valence-corrected chi connectivity index (χ1v) is 7.65. The Bertz CT molecular complexity index is 501. The molecule has 102 valence electrons. The molecule has 0 radical (unpaired) electrons. The molecule has 1 N–H and O–H groups in total. The molecule has 2 bridgehead atoms. The average molecular weight is 281 g/mol. The standard InChI is InChI=1S/C16H18ClFO/c17-12-4-3-11(18)6-10(12)7-13(19)16-14-8-1-2-9(5-8)15(14)16/h3-4,6,8-9,13-16,19H,1-2,5,7H2. The van der Waals surface area contributed by atoms with Crippen molar-refractivity contribution in [3.8, 4) is 0 Å². The molecule has 3 fully saturated rings. The Balaban J connectivity index is 1.48. The number of halogens is 2. The Morgan fingerprint density at radius 2 is 1.95 bits per heavy atom. The van der Waals surface area contributed by atoms with E-state index in [1.165, 1.54) is 31.4 Å². The van der Waals surface area contributed by atoms with Gasteiger partial charge >= 0.3 is 0 Å². The van der Waals surface area contributed by atoms with Crippen LogP contribution in [-0.4, -0.2) is 11.2 Å². The summed E-state index contributed by atoms with van der Waals surface area (Å²) in [5.74, 6) is 3.39. The Labute approximate surface area is 117 Å². The molecule has 1 aromatic rings. The van der Waals surface area contributed by atoms with Crippen LogP contribution in [0.25, 0.3) is 0 Å². The van der Waals surface area contributed by atoms with Crippen LogP contribution >= 0.6 is 11.6 Å². The molecule has 1 nitrogen and oxygen atoms in total. The first kappa shape index (κ1) is 12.2. The molecule has 5 unspecified atom stereocenters. The maximum Gasteiger partial charge on any atom is 0.123 e. The molecule has 3 aliphatic rings. The molecule has 0 aromatic heterocycles. The zero-order valence-electron chi connectivity index (χ0n) is 10.7. The van der Waals surface area contributed by atoms with Gasteiger partial charge in [0, 0.05) is 11.4 Å². The van der Waals surface area contributed by atoms with E-state index in [-0.39, 0.29) is 11.9 Å². The lowest BCUT2D eigenvalue weighted by Crippen LogP contribution is -2.18. The van der Waals surface area contributed by atoms with Gasteiger partial charge < -0.3 is 5.11 Å². The third kappa shape index (κ3) is 1.84. The largest absolute Gasteiger partial charge is 0.392 e. The van der Waals surface area contributed by atoms with Crippen LogP contribution < -0.4 is 0 Å². The molecule has 1 aromatic carbocycles. The van der Waals surface area contributed by atoms with Gasteiger partial charge in [-0.05, 0) is 72.6 Å². The zero-order valence-corrected chi connectivity index (χ0v) is 11.5. The second-order valence-corrected chi connectivity index (χ2v) is 6.98. The van der Waals surface area contributed by atoms with Gasteiger partial charge in [-0.25, -0.2) is 4.39 Å². The third-order valence-electron chi connectivity index (χ3n) is 5.68. The van der Waals surface area contributed by atoms with E-state index in [1.807, 2.05) is 0 Å². The Morgan fingerprint density at radius 1 is 1.26 bits per heavy atom. The van der Waals surface area contributed by atoms with E-state index in [0.717, 1.165) is 29.2 Å². The number of benzene rings is 1. The van der Waals surface area contributed by atoms with Gasteiger partial charge in [0.2, 0.25) is 0 Å². The minimum atomic E-state index is -0.349. The second kappa shape index (κ2) is 4.20. The van der Waals surface area contributed by atoms with E-state index in [0.29, 0.717) is 17.4 Å². The number of hydrogen-bond donors (Lipinski definition) is 1. The Hall–Kier alpha value is -0.600. The predicted molar refractivity (Wildman–Crippen MR) is 72.4 cm³/mol. The molecule has 0 aliphatic heterocycles. The van der Waals surface area contributed by atoms with Gasteiger partial charge in [-0.1, -0.05) is 11.6 Å². The second-order valence-electron chi connectivity index (χ2n) is 6.57. The van der Waals surface area contributed by atoms with E-state index in [2.05, 4.69) is 0 Å². The van der Waals surface area contributed by atoms with Crippen molar-refractivity contribution in [3.63, 3.8) is 0 Å². The fourth-order valence-corrected chi connectivity index (χ4v) is 5.16. The van der Waals surface area contributed by atoms with E-state index in [9.17, 15) is 9.50 Å². The number of aliphatic hydroxyl groups is 1. The summed E-state index contributed by atoms with van der Waals surface area (Å²) in [5.41, 5.74) is 0.742. The van der Waals surface area contributed by atoms with Crippen molar-refractivity contribution in [2.75, 3.05) is 0 Å². The monoisotopic (exact) mass is 280 g/mol. The van der Waals surface area contributed by atoms with E-state index in [1.54, 1.807) is 6.07 Å². The quantitative estimate of drug-likeness (QED) is 0.896. The van der Waals surface area contributed by atoms with Gasteiger partial charge in [-0.3, -0.25) is 0 Å². The highest BCUT2D eigenvalue weighted by Crippen LogP contribution is 2.70. The molecule has 5 atom stereocenters. The molecule has 3 aliphatic carbocycles. The Kier molecular flexibility index (Phi) is 2.69. The zero-order chi connectivity index (χ0) is 13.1. The van der Waals surface area contributed by atoms with Gasteiger partial charge in [0.1, 0.15) is 5.82 Å². The minimum absolute atomic E-state index is 0.275. The molecule has 3 heteroatoms. The van der Waals surface area contributed by atoms with E-state index >= 15 is 0 Å². The van der Waals surface area contributed by atoms with Gasteiger partial charge in [0.15, 0.2) is 0 Å². The fraction of sp³-hybridized carbons (Fsp3) is 0.625. The summed E-state index contributed by atoms with van der Waals surface area (Å²) in [4.78, 5) is 0. The number of fused-ring (bicyclic) bond motifs is 5. The molecular formula is C16H18ClFO. The van der Waals surface area contributed by atoms with Crippen LogP contribution in [0.5, 0.6) is 0 Å². The van der Waals surface area contributed by atoms with Crippen LogP contribution in [0.4, 0.5) is 4.39 Å². The minimum Gasteiger partial charge on any atom is -0.392 e. The van der Waals surface area contributed by atoms with Gasteiger partial charge in [-0.2, -0.15) is 0 Å². The SMILES string of the molecule is OC(Cc1cc(F)ccc1Cl)C1C2C3CCC(C3)C12. The lowest BCUT2D eigenvalue weighted by molar-refractivity contribution is 0.128. The topological polar surface area (TPSA) is 20.2 Å². The van der Waals surface area contributed by atoms with Crippen molar-refractivity contribution in [1.82, 2.24) is 0 Å². The summed E-state index contributed by atoms with van der Waals surface area (Å²) in [5, 5.41) is 11.0. The highest BCUT2D eigenvalue weighted by molar-refractivity contribution is 6.31. The van der Waals surface area contributed by atoms with Gasteiger partial charge in [-0.15, -0.1) is 0 Å². The van der Waals surface area contributed by atoms with E-state index in [4.69, 9.17) is 11.6 Å². The van der Waals surface area contributed by atoms with Gasteiger partial charge in [0.05, 0.1) is 6.10 Å². The molecule has 4 rings (SSSR count). The van der Waals surface area contributed by atoms with Crippen molar-refractivity contribution in [2.45, 2.75) is 31.8 Å². The summed E-state index contributed by atoms with van der Waals surface area (Å²) in [7, 11) is 0. The van der Waals surface area contributed by atoms with Gasteiger partial charge in [0.25, 0.3) is 0 Å². The van der Waals surface area contributed by atoms with Crippen LogP contribution in [0.15, 0.2) is 18.2 Å². The molecular weight excluding hydrogens is 263 g/mol. The van der Waals surface area contributed by atoms with Crippen LogP contribution in [-0.2, 0) is 6.42 Å². The Morgan fingerprint density at radius 3 is 2.63 bits per heavy atom. The fourth-order valence-electron chi connectivity index (χ4n) is 4.97. The van der Waals surface area contributed by atoms with Crippen molar-refractivity contribution in [1.29, 1.82) is 0 Å².